The molecule has 1 N–H and O–H groups in total. The number of rotatable bonds is 9. The molecule has 2 aromatic carbocycles. The van der Waals surface area contributed by atoms with Crippen molar-refractivity contribution in [3.63, 3.8) is 0 Å². The third-order valence-electron chi connectivity index (χ3n) is 5.21. The van der Waals surface area contributed by atoms with Crippen molar-refractivity contribution >= 4 is 23.2 Å². The molecule has 1 fully saturated rings. The van der Waals surface area contributed by atoms with E-state index >= 15 is 0 Å². The van der Waals surface area contributed by atoms with Crippen LogP contribution in [0.2, 0.25) is 0 Å². The van der Waals surface area contributed by atoms with Crippen molar-refractivity contribution in [3.8, 4) is 5.75 Å². The Labute approximate surface area is 172 Å². The fourth-order valence-corrected chi connectivity index (χ4v) is 3.43. The van der Waals surface area contributed by atoms with E-state index < -0.39 is 0 Å². The van der Waals surface area contributed by atoms with Gasteiger partial charge >= 0.3 is 0 Å². The molecule has 0 aliphatic carbocycles. The van der Waals surface area contributed by atoms with E-state index in [9.17, 15) is 9.59 Å². The Morgan fingerprint density at radius 2 is 1.83 bits per heavy atom. The molecule has 0 unspecified atom stereocenters. The maximum absolute atomic E-state index is 12.7. The second-order valence-electron chi connectivity index (χ2n) is 7.02. The van der Waals surface area contributed by atoms with Crippen LogP contribution in [0.3, 0.4) is 0 Å². The Morgan fingerprint density at radius 1 is 1.10 bits per heavy atom. The number of anilines is 2. The van der Waals surface area contributed by atoms with E-state index in [0.717, 1.165) is 38.3 Å². The molecule has 0 aromatic heterocycles. The minimum atomic E-state index is -0.205. The normalized spacial score (nSPS) is 13.8. The fraction of sp³-hybridized carbons (Fsp3) is 0.391. The lowest BCUT2D eigenvalue weighted by Crippen LogP contribution is -2.28. The molecular formula is C23H29N3O3. The van der Waals surface area contributed by atoms with Crippen LogP contribution in [0.4, 0.5) is 11.4 Å². The van der Waals surface area contributed by atoms with Gasteiger partial charge in [-0.15, -0.1) is 0 Å². The van der Waals surface area contributed by atoms with Gasteiger partial charge in [0.25, 0.3) is 5.91 Å². The third kappa shape index (κ3) is 5.35. The summed E-state index contributed by atoms with van der Waals surface area (Å²) in [6, 6.07) is 14.6. The summed E-state index contributed by atoms with van der Waals surface area (Å²) in [4.78, 5) is 28.6. The van der Waals surface area contributed by atoms with Gasteiger partial charge in [-0.25, -0.2) is 0 Å². The van der Waals surface area contributed by atoms with Crippen LogP contribution in [0.1, 0.15) is 37.0 Å². The van der Waals surface area contributed by atoms with Gasteiger partial charge in [-0.1, -0.05) is 26.0 Å². The van der Waals surface area contributed by atoms with Gasteiger partial charge in [0, 0.05) is 30.8 Å². The molecular weight excluding hydrogens is 366 g/mol. The predicted molar refractivity (Wildman–Crippen MR) is 116 cm³/mol. The maximum Gasteiger partial charge on any atom is 0.255 e. The zero-order valence-electron chi connectivity index (χ0n) is 17.2. The lowest BCUT2D eigenvalue weighted by atomic mass is 10.1. The Bertz CT molecular complexity index is 832. The number of benzene rings is 2. The highest BCUT2D eigenvalue weighted by atomic mass is 16.5. The Kier molecular flexibility index (Phi) is 7.25. The first-order valence-electron chi connectivity index (χ1n) is 10.3. The number of ether oxygens (including phenoxy) is 1. The first-order chi connectivity index (χ1) is 14.1. The molecule has 2 aromatic rings. The number of likely N-dealkylation sites (N-methyl/N-ethyl adjacent to an activating group) is 1. The first-order valence-corrected chi connectivity index (χ1v) is 10.3. The molecule has 0 bridgehead atoms. The maximum atomic E-state index is 12.7. The summed E-state index contributed by atoms with van der Waals surface area (Å²) in [5.74, 6) is 0.592. The van der Waals surface area contributed by atoms with Crippen LogP contribution in [0, 0.1) is 0 Å². The van der Waals surface area contributed by atoms with Crippen molar-refractivity contribution in [1.82, 2.24) is 4.90 Å². The van der Waals surface area contributed by atoms with E-state index in [1.165, 1.54) is 0 Å². The average molecular weight is 396 g/mol. The van der Waals surface area contributed by atoms with Crippen molar-refractivity contribution in [2.24, 2.45) is 0 Å². The number of carbonyl (C=O) groups is 2. The molecule has 0 saturated carbocycles. The standard InChI is InChI=1S/C23H29N3O3/c1-3-25(4-2)16-17-29-21-9-6-5-8-20(21)24-23(28)18-11-13-19(14-12-18)26-15-7-10-22(26)27/h5-6,8-9,11-14H,3-4,7,10,15-17H2,1-2H3,(H,24,28). The average Bonchev–Trinajstić information content (AvgIpc) is 3.18. The van der Waals surface area contributed by atoms with Crippen LogP contribution in [0.25, 0.3) is 0 Å². The summed E-state index contributed by atoms with van der Waals surface area (Å²) >= 11 is 0. The zero-order chi connectivity index (χ0) is 20.6. The Balaban J connectivity index is 1.62. The number of nitrogens with zero attached hydrogens (tertiary/aromatic N) is 2. The number of amides is 2. The van der Waals surface area contributed by atoms with Gasteiger partial charge in [0.2, 0.25) is 5.91 Å². The van der Waals surface area contributed by atoms with Crippen LogP contribution in [-0.4, -0.2) is 49.5 Å². The topological polar surface area (TPSA) is 61.9 Å². The second-order valence-corrected chi connectivity index (χ2v) is 7.02. The molecule has 6 heteroatoms. The molecule has 1 aliphatic rings. The molecule has 0 atom stereocenters. The molecule has 1 heterocycles. The van der Waals surface area contributed by atoms with E-state index in [-0.39, 0.29) is 11.8 Å². The van der Waals surface area contributed by atoms with Crippen LogP contribution >= 0.6 is 0 Å². The zero-order valence-corrected chi connectivity index (χ0v) is 17.2. The highest BCUT2D eigenvalue weighted by Crippen LogP contribution is 2.25. The van der Waals surface area contributed by atoms with Crippen molar-refractivity contribution in [1.29, 1.82) is 0 Å². The predicted octanol–water partition coefficient (Wildman–Crippen LogP) is 3.79. The van der Waals surface area contributed by atoms with Gasteiger partial charge < -0.3 is 19.9 Å². The molecule has 1 saturated heterocycles. The van der Waals surface area contributed by atoms with Crippen molar-refractivity contribution in [3.05, 3.63) is 54.1 Å². The number of hydrogen-bond donors (Lipinski definition) is 1. The molecule has 0 spiro atoms. The SMILES string of the molecule is CCN(CC)CCOc1ccccc1NC(=O)c1ccc(N2CCCC2=O)cc1. The van der Waals surface area contributed by atoms with Crippen LogP contribution in [0.5, 0.6) is 5.75 Å². The van der Waals surface area contributed by atoms with Crippen molar-refractivity contribution < 1.29 is 14.3 Å². The van der Waals surface area contributed by atoms with Gasteiger partial charge in [-0.05, 0) is 55.9 Å². The molecule has 2 amide bonds. The van der Waals surface area contributed by atoms with Gasteiger partial charge in [0.05, 0.1) is 5.69 Å². The largest absolute Gasteiger partial charge is 0.490 e. The number of nitrogens with one attached hydrogen (secondary N) is 1. The molecule has 6 nitrogen and oxygen atoms in total. The van der Waals surface area contributed by atoms with Crippen LogP contribution in [0.15, 0.2) is 48.5 Å². The molecule has 29 heavy (non-hydrogen) atoms. The van der Waals surface area contributed by atoms with Crippen molar-refractivity contribution in [2.45, 2.75) is 26.7 Å². The van der Waals surface area contributed by atoms with Crippen LogP contribution in [-0.2, 0) is 4.79 Å². The van der Waals surface area contributed by atoms with E-state index in [2.05, 4.69) is 24.1 Å². The molecule has 3 rings (SSSR count). The van der Waals surface area contributed by atoms with Crippen LogP contribution < -0.4 is 15.0 Å². The van der Waals surface area contributed by atoms with Gasteiger partial charge in [-0.3, -0.25) is 9.59 Å². The third-order valence-corrected chi connectivity index (χ3v) is 5.21. The summed E-state index contributed by atoms with van der Waals surface area (Å²) in [5, 5.41) is 2.93. The minimum absolute atomic E-state index is 0.137. The highest BCUT2D eigenvalue weighted by molar-refractivity contribution is 6.05. The lowest BCUT2D eigenvalue weighted by Gasteiger charge is -2.19. The van der Waals surface area contributed by atoms with E-state index in [1.807, 2.05) is 36.4 Å². The monoisotopic (exact) mass is 395 g/mol. The quantitative estimate of drug-likeness (QED) is 0.702. The summed E-state index contributed by atoms with van der Waals surface area (Å²) in [6.45, 7) is 8.36. The molecule has 1 aliphatic heterocycles. The minimum Gasteiger partial charge on any atom is -0.490 e. The molecule has 0 radical (unpaired) electrons. The fourth-order valence-electron chi connectivity index (χ4n) is 3.43. The van der Waals surface area contributed by atoms with E-state index in [1.54, 1.807) is 17.0 Å². The van der Waals surface area contributed by atoms with E-state index in [0.29, 0.717) is 30.0 Å². The highest BCUT2D eigenvalue weighted by Gasteiger charge is 2.21. The molecule has 154 valence electrons. The number of para-hydroxylation sites is 2. The Morgan fingerprint density at radius 3 is 2.48 bits per heavy atom. The smallest absolute Gasteiger partial charge is 0.255 e. The number of hydrogen-bond acceptors (Lipinski definition) is 4. The summed E-state index contributed by atoms with van der Waals surface area (Å²) < 4.78 is 5.91. The number of carbonyl (C=O) groups excluding carboxylic acids is 2. The summed E-state index contributed by atoms with van der Waals surface area (Å²) in [5.41, 5.74) is 2.03. The lowest BCUT2D eigenvalue weighted by molar-refractivity contribution is -0.117. The Hall–Kier alpha value is -2.86. The summed E-state index contributed by atoms with van der Waals surface area (Å²) in [7, 11) is 0. The summed E-state index contributed by atoms with van der Waals surface area (Å²) in [6.07, 6.45) is 1.47. The second kappa shape index (κ2) is 10.1. The van der Waals surface area contributed by atoms with Gasteiger partial charge in [0.1, 0.15) is 12.4 Å². The van der Waals surface area contributed by atoms with E-state index in [4.69, 9.17) is 4.74 Å². The van der Waals surface area contributed by atoms with Crippen molar-refractivity contribution in [2.75, 3.05) is 43.0 Å². The van der Waals surface area contributed by atoms with Gasteiger partial charge in [-0.2, -0.15) is 0 Å². The first kappa shape index (κ1) is 20.9. The van der Waals surface area contributed by atoms with Gasteiger partial charge in [0.15, 0.2) is 0 Å².